The Balaban J connectivity index is 1.84. The number of hydrogen-bond acceptors (Lipinski definition) is 6. The van der Waals surface area contributed by atoms with Crippen molar-refractivity contribution in [1.29, 1.82) is 0 Å². The maximum atomic E-state index is 13.3. The minimum Gasteiger partial charge on any atom is -0.351 e. The zero-order valence-corrected chi connectivity index (χ0v) is 20.9. The van der Waals surface area contributed by atoms with Crippen molar-refractivity contribution >= 4 is 17.5 Å². The van der Waals surface area contributed by atoms with Crippen LogP contribution in [-0.4, -0.2) is 79.4 Å². The van der Waals surface area contributed by atoms with Crippen molar-refractivity contribution in [3.05, 3.63) is 77.6 Å². The summed E-state index contributed by atoms with van der Waals surface area (Å²) in [6.07, 6.45) is 1.64. The lowest BCUT2D eigenvalue weighted by atomic mass is 10.1. The first-order valence-electron chi connectivity index (χ1n) is 11.7. The quantitative estimate of drug-likeness (QED) is 0.444. The van der Waals surface area contributed by atoms with Gasteiger partial charge in [0.2, 0.25) is 0 Å². The van der Waals surface area contributed by atoms with E-state index >= 15 is 0 Å². The SMILES string of the molecule is CN(C)CCCc1cc(C(=O)Nc2ccccc2C(=O)NCCN(C)C)nc(-c2ccccc2)n1. The summed E-state index contributed by atoms with van der Waals surface area (Å²) >= 11 is 0. The molecule has 0 fully saturated rings. The molecule has 8 nitrogen and oxygen atoms in total. The molecule has 0 unspecified atom stereocenters. The highest BCUT2D eigenvalue weighted by molar-refractivity contribution is 6.08. The number of rotatable bonds is 11. The summed E-state index contributed by atoms with van der Waals surface area (Å²) in [5.41, 5.74) is 2.76. The average molecular weight is 475 g/mol. The Morgan fingerprint density at radius 1 is 0.829 bits per heavy atom. The Morgan fingerprint density at radius 2 is 1.51 bits per heavy atom. The first-order valence-corrected chi connectivity index (χ1v) is 11.7. The van der Waals surface area contributed by atoms with Crippen LogP contribution in [0.1, 0.15) is 33.0 Å². The number of aromatic nitrogens is 2. The third kappa shape index (κ3) is 7.98. The van der Waals surface area contributed by atoms with Crippen molar-refractivity contribution in [2.75, 3.05) is 53.1 Å². The number of amides is 2. The van der Waals surface area contributed by atoms with Gasteiger partial charge in [-0.1, -0.05) is 42.5 Å². The number of para-hydroxylation sites is 1. The molecule has 0 atom stereocenters. The minimum absolute atomic E-state index is 0.236. The Morgan fingerprint density at radius 3 is 2.23 bits per heavy atom. The number of aryl methyl sites for hydroxylation is 1. The second-order valence-corrected chi connectivity index (χ2v) is 8.90. The Labute approximate surface area is 207 Å². The fourth-order valence-corrected chi connectivity index (χ4v) is 3.50. The summed E-state index contributed by atoms with van der Waals surface area (Å²) in [7, 11) is 7.95. The largest absolute Gasteiger partial charge is 0.351 e. The summed E-state index contributed by atoms with van der Waals surface area (Å²) in [4.78, 5) is 39.3. The third-order valence-electron chi connectivity index (χ3n) is 5.35. The fraction of sp³-hybridized carbons (Fsp3) is 0.333. The molecule has 0 saturated heterocycles. The van der Waals surface area contributed by atoms with E-state index in [0.717, 1.165) is 37.2 Å². The van der Waals surface area contributed by atoms with Gasteiger partial charge in [0.25, 0.3) is 11.8 Å². The number of likely N-dealkylation sites (N-methyl/N-ethyl adjacent to an activating group) is 1. The van der Waals surface area contributed by atoms with E-state index in [9.17, 15) is 9.59 Å². The molecule has 0 spiro atoms. The molecule has 0 saturated carbocycles. The number of nitrogens with one attached hydrogen (secondary N) is 2. The van der Waals surface area contributed by atoms with Crippen molar-refractivity contribution in [1.82, 2.24) is 25.1 Å². The topological polar surface area (TPSA) is 90.5 Å². The van der Waals surface area contributed by atoms with Gasteiger partial charge in [0, 0.05) is 24.3 Å². The van der Waals surface area contributed by atoms with Gasteiger partial charge < -0.3 is 20.4 Å². The molecule has 3 rings (SSSR count). The minimum atomic E-state index is -0.382. The zero-order chi connectivity index (χ0) is 25.2. The smallest absolute Gasteiger partial charge is 0.274 e. The van der Waals surface area contributed by atoms with Gasteiger partial charge in [-0.15, -0.1) is 0 Å². The third-order valence-corrected chi connectivity index (χ3v) is 5.35. The van der Waals surface area contributed by atoms with Crippen LogP contribution in [0.2, 0.25) is 0 Å². The molecule has 2 aromatic carbocycles. The summed E-state index contributed by atoms with van der Waals surface area (Å²) in [6.45, 7) is 2.15. The molecule has 3 aromatic rings. The Bertz CT molecular complexity index is 1130. The standard InChI is InChI=1S/C27H34N6O2/c1-32(2)17-10-13-21-19-24(30-25(29-21)20-11-6-5-7-12-20)27(35)31-23-15-9-8-14-22(23)26(34)28-16-18-33(3)4/h5-9,11-12,14-15,19H,10,13,16-18H2,1-4H3,(H,28,34)(H,31,35). The first-order chi connectivity index (χ1) is 16.8. The van der Waals surface area contributed by atoms with Crippen molar-refractivity contribution in [3.63, 3.8) is 0 Å². The highest BCUT2D eigenvalue weighted by Gasteiger charge is 2.17. The summed E-state index contributed by atoms with van der Waals surface area (Å²) < 4.78 is 0. The maximum Gasteiger partial charge on any atom is 0.274 e. The molecule has 8 heteroatoms. The van der Waals surface area contributed by atoms with E-state index in [-0.39, 0.29) is 17.5 Å². The lowest BCUT2D eigenvalue weighted by molar-refractivity contribution is 0.0952. The van der Waals surface area contributed by atoms with Gasteiger partial charge in [0.15, 0.2) is 5.82 Å². The van der Waals surface area contributed by atoms with Crippen LogP contribution in [0.3, 0.4) is 0 Å². The zero-order valence-electron chi connectivity index (χ0n) is 20.9. The predicted molar refractivity (Wildman–Crippen MR) is 140 cm³/mol. The van der Waals surface area contributed by atoms with Crippen LogP contribution in [0.5, 0.6) is 0 Å². The monoisotopic (exact) mass is 474 g/mol. The highest BCUT2D eigenvalue weighted by atomic mass is 16.2. The number of hydrogen-bond donors (Lipinski definition) is 2. The fourth-order valence-electron chi connectivity index (χ4n) is 3.50. The lowest BCUT2D eigenvalue weighted by Crippen LogP contribution is -2.32. The molecular formula is C27H34N6O2. The van der Waals surface area contributed by atoms with E-state index < -0.39 is 0 Å². The van der Waals surface area contributed by atoms with Gasteiger partial charge in [-0.05, 0) is 65.8 Å². The van der Waals surface area contributed by atoms with E-state index in [1.807, 2.05) is 63.4 Å². The molecule has 2 amide bonds. The van der Waals surface area contributed by atoms with E-state index in [2.05, 4.69) is 20.5 Å². The molecule has 1 aromatic heterocycles. The van der Waals surface area contributed by atoms with Crippen molar-refractivity contribution in [2.45, 2.75) is 12.8 Å². The molecule has 2 N–H and O–H groups in total. The lowest BCUT2D eigenvalue weighted by Gasteiger charge is -2.14. The van der Waals surface area contributed by atoms with Crippen LogP contribution in [-0.2, 0) is 6.42 Å². The molecule has 0 aliphatic rings. The normalized spacial score (nSPS) is 11.0. The molecule has 1 heterocycles. The van der Waals surface area contributed by atoms with E-state index in [1.54, 1.807) is 30.3 Å². The van der Waals surface area contributed by atoms with E-state index in [1.165, 1.54) is 0 Å². The number of carbonyl (C=O) groups excluding carboxylic acids is 2. The van der Waals surface area contributed by atoms with Crippen molar-refractivity contribution in [2.24, 2.45) is 0 Å². The van der Waals surface area contributed by atoms with Gasteiger partial charge in [-0.2, -0.15) is 0 Å². The number of carbonyl (C=O) groups is 2. The highest BCUT2D eigenvalue weighted by Crippen LogP contribution is 2.19. The summed E-state index contributed by atoms with van der Waals surface area (Å²) in [5, 5.41) is 5.77. The molecule has 184 valence electrons. The first kappa shape index (κ1) is 26.0. The maximum absolute atomic E-state index is 13.3. The Kier molecular flexibility index (Phi) is 9.46. The number of benzene rings is 2. The number of anilines is 1. The van der Waals surface area contributed by atoms with E-state index in [0.29, 0.717) is 23.6 Å². The molecule has 0 radical (unpaired) electrons. The van der Waals surface area contributed by atoms with E-state index in [4.69, 9.17) is 4.98 Å². The second kappa shape index (κ2) is 12.7. The average Bonchev–Trinajstić information content (AvgIpc) is 2.84. The predicted octanol–water partition coefficient (Wildman–Crippen LogP) is 3.18. The molecular weight excluding hydrogens is 440 g/mol. The van der Waals surface area contributed by atoms with Gasteiger partial charge >= 0.3 is 0 Å². The summed E-state index contributed by atoms with van der Waals surface area (Å²) in [6, 6.07) is 18.3. The Hall–Kier alpha value is -3.62. The van der Waals surface area contributed by atoms with Crippen LogP contribution >= 0.6 is 0 Å². The van der Waals surface area contributed by atoms with Crippen molar-refractivity contribution < 1.29 is 9.59 Å². The van der Waals surface area contributed by atoms with Gasteiger partial charge in [0.05, 0.1) is 11.3 Å². The second-order valence-electron chi connectivity index (χ2n) is 8.90. The molecule has 0 bridgehead atoms. The number of nitrogens with zero attached hydrogens (tertiary/aromatic N) is 4. The van der Waals surface area contributed by atoms with Gasteiger partial charge in [0.1, 0.15) is 5.69 Å². The van der Waals surface area contributed by atoms with Crippen LogP contribution in [0.4, 0.5) is 5.69 Å². The summed E-state index contributed by atoms with van der Waals surface area (Å²) in [5.74, 6) is -0.111. The molecule has 0 aliphatic heterocycles. The van der Waals surface area contributed by atoms with Crippen LogP contribution < -0.4 is 10.6 Å². The molecule has 0 aliphatic carbocycles. The van der Waals surface area contributed by atoms with Crippen molar-refractivity contribution in [3.8, 4) is 11.4 Å². The van der Waals surface area contributed by atoms with Crippen LogP contribution in [0.15, 0.2) is 60.7 Å². The molecule has 35 heavy (non-hydrogen) atoms. The van der Waals surface area contributed by atoms with Crippen LogP contribution in [0, 0.1) is 0 Å². The van der Waals surface area contributed by atoms with Gasteiger partial charge in [-0.25, -0.2) is 9.97 Å². The van der Waals surface area contributed by atoms with Crippen LogP contribution in [0.25, 0.3) is 11.4 Å². The van der Waals surface area contributed by atoms with Gasteiger partial charge in [-0.3, -0.25) is 9.59 Å².